The maximum atomic E-state index is 10.5. The van der Waals surface area contributed by atoms with Gasteiger partial charge in [-0.15, -0.1) is 0 Å². The summed E-state index contributed by atoms with van der Waals surface area (Å²) in [6.07, 6.45) is 1.69. The van der Waals surface area contributed by atoms with Gasteiger partial charge in [0.15, 0.2) is 0 Å². The zero-order valence-corrected chi connectivity index (χ0v) is 7.61. The number of aliphatic carboxylic acids is 1. The standard InChI is InChI=1S/C9H12N2O2/c1-6-3-4-8(10-5-6)11-7(2)9(12)13/h3-5,7H,1-2H3,(H,10,11)(H,12,13)/t7-/m0/s1. The third-order valence-corrected chi connectivity index (χ3v) is 1.65. The second-order valence-electron chi connectivity index (χ2n) is 2.93. The molecule has 4 nitrogen and oxygen atoms in total. The summed E-state index contributed by atoms with van der Waals surface area (Å²) in [7, 11) is 0. The summed E-state index contributed by atoms with van der Waals surface area (Å²) < 4.78 is 0. The minimum atomic E-state index is -0.887. The molecule has 0 saturated carbocycles. The van der Waals surface area contributed by atoms with E-state index >= 15 is 0 Å². The predicted molar refractivity (Wildman–Crippen MR) is 49.7 cm³/mol. The van der Waals surface area contributed by atoms with E-state index in [1.165, 1.54) is 0 Å². The van der Waals surface area contributed by atoms with Crippen LogP contribution in [-0.2, 0) is 4.79 Å². The molecule has 1 aromatic rings. The zero-order valence-electron chi connectivity index (χ0n) is 7.61. The van der Waals surface area contributed by atoms with Gasteiger partial charge in [-0.25, -0.2) is 4.98 Å². The molecule has 1 heterocycles. The molecule has 0 aliphatic heterocycles. The van der Waals surface area contributed by atoms with Gasteiger partial charge in [-0.1, -0.05) is 6.07 Å². The van der Waals surface area contributed by atoms with Crippen LogP contribution in [0.4, 0.5) is 5.82 Å². The first-order chi connectivity index (χ1) is 6.09. The monoisotopic (exact) mass is 180 g/mol. The number of carboxylic acids is 1. The highest BCUT2D eigenvalue weighted by atomic mass is 16.4. The van der Waals surface area contributed by atoms with Gasteiger partial charge in [-0.3, -0.25) is 4.79 Å². The van der Waals surface area contributed by atoms with Crippen molar-refractivity contribution in [2.45, 2.75) is 19.9 Å². The highest BCUT2D eigenvalue weighted by Gasteiger charge is 2.09. The Labute approximate surface area is 76.6 Å². The van der Waals surface area contributed by atoms with E-state index in [0.29, 0.717) is 5.82 Å². The van der Waals surface area contributed by atoms with Crippen LogP contribution in [-0.4, -0.2) is 22.1 Å². The van der Waals surface area contributed by atoms with Crippen LogP contribution < -0.4 is 5.32 Å². The molecule has 0 aliphatic rings. The Morgan fingerprint density at radius 3 is 2.77 bits per heavy atom. The van der Waals surface area contributed by atoms with Crippen molar-refractivity contribution in [3.8, 4) is 0 Å². The smallest absolute Gasteiger partial charge is 0.325 e. The Morgan fingerprint density at radius 2 is 2.31 bits per heavy atom. The van der Waals surface area contributed by atoms with Crippen LogP contribution in [0.5, 0.6) is 0 Å². The van der Waals surface area contributed by atoms with E-state index in [0.717, 1.165) is 5.56 Å². The van der Waals surface area contributed by atoms with Gasteiger partial charge in [0.25, 0.3) is 0 Å². The molecule has 0 unspecified atom stereocenters. The molecule has 1 atom stereocenters. The third kappa shape index (κ3) is 2.74. The Balaban J connectivity index is 2.64. The highest BCUT2D eigenvalue weighted by Crippen LogP contribution is 2.05. The van der Waals surface area contributed by atoms with E-state index in [1.54, 1.807) is 19.2 Å². The summed E-state index contributed by atoms with van der Waals surface area (Å²) in [5.74, 6) is -0.303. The Morgan fingerprint density at radius 1 is 1.62 bits per heavy atom. The molecule has 1 rings (SSSR count). The van der Waals surface area contributed by atoms with E-state index in [4.69, 9.17) is 5.11 Å². The lowest BCUT2D eigenvalue weighted by Crippen LogP contribution is -2.25. The summed E-state index contributed by atoms with van der Waals surface area (Å²) in [4.78, 5) is 14.5. The van der Waals surface area contributed by atoms with Crippen molar-refractivity contribution in [1.29, 1.82) is 0 Å². The van der Waals surface area contributed by atoms with Gasteiger partial charge in [-0.05, 0) is 25.5 Å². The van der Waals surface area contributed by atoms with Crippen molar-refractivity contribution in [2.24, 2.45) is 0 Å². The molecule has 0 bridgehead atoms. The van der Waals surface area contributed by atoms with Gasteiger partial charge in [0, 0.05) is 6.20 Å². The Kier molecular flexibility index (Phi) is 2.84. The van der Waals surface area contributed by atoms with Crippen molar-refractivity contribution in [3.63, 3.8) is 0 Å². The van der Waals surface area contributed by atoms with E-state index < -0.39 is 12.0 Å². The highest BCUT2D eigenvalue weighted by molar-refractivity contribution is 5.76. The van der Waals surface area contributed by atoms with Crippen LogP contribution >= 0.6 is 0 Å². The Hall–Kier alpha value is -1.58. The second-order valence-corrected chi connectivity index (χ2v) is 2.93. The normalized spacial score (nSPS) is 12.2. The van der Waals surface area contributed by atoms with Gasteiger partial charge < -0.3 is 10.4 Å². The number of hydrogen-bond donors (Lipinski definition) is 2. The maximum Gasteiger partial charge on any atom is 0.325 e. The number of rotatable bonds is 3. The quantitative estimate of drug-likeness (QED) is 0.735. The molecule has 0 spiro atoms. The van der Waals surface area contributed by atoms with Crippen LogP contribution in [0.1, 0.15) is 12.5 Å². The summed E-state index contributed by atoms with van der Waals surface area (Å²) in [5, 5.41) is 11.4. The maximum absolute atomic E-state index is 10.5. The third-order valence-electron chi connectivity index (χ3n) is 1.65. The molecule has 4 heteroatoms. The minimum Gasteiger partial charge on any atom is -0.480 e. The van der Waals surface area contributed by atoms with Crippen molar-refractivity contribution in [1.82, 2.24) is 4.98 Å². The lowest BCUT2D eigenvalue weighted by molar-refractivity contribution is -0.137. The van der Waals surface area contributed by atoms with Crippen molar-refractivity contribution < 1.29 is 9.90 Å². The largest absolute Gasteiger partial charge is 0.480 e. The first-order valence-electron chi connectivity index (χ1n) is 4.01. The number of carbonyl (C=O) groups is 1. The van der Waals surface area contributed by atoms with E-state index in [1.807, 2.05) is 13.0 Å². The Bertz CT molecular complexity index is 295. The molecule has 0 saturated heterocycles. The number of nitrogens with zero attached hydrogens (tertiary/aromatic N) is 1. The minimum absolute atomic E-state index is 0.584. The number of nitrogens with one attached hydrogen (secondary N) is 1. The fraction of sp³-hybridized carbons (Fsp3) is 0.333. The molecule has 0 amide bonds. The average molecular weight is 180 g/mol. The predicted octanol–water partition coefficient (Wildman–Crippen LogP) is 1.28. The summed E-state index contributed by atoms with van der Waals surface area (Å²) in [6.45, 7) is 3.50. The summed E-state index contributed by atoms with van der Waals surface area (Å²) >= 11 is 0. The van der Waals surface area contributed by atoms with Crippen LogP contribution in [0.2, 0.25) is 0 Å². The lowest BCUT2D eigenvalue weighted by atomic mass is 10.3. The van der Waals surface area contributed by atoms with Crippen LogP contribution in [0.15, 0.2) is 18.3 Å². The number of hydrogen-bond acceptors (Lipinski definition) is 3. The van der Waals surface area contributed by atoms with Crippen molar-refractivity contribution >= 4 is 11.8 Å². The van der Waals surface area contributed by atoms with Gasteiger partial charge >= 0.3 is 5.97 Å². The first-order valence-corrected chi connectivity index (χ1v) is 4.01. The lowest BCUT2D eigenvalue weighted by Gasteiger charge is -2.09. The molecule has 70 valence electrons. The van der Waals surface area contributed by atoms with Crippen LogP contribution in [0.25, 0.3) is 0 Å². The average Bonchev–Trinajstić information content (AvgIpc) is 2.08. The van der Waals surface area contributed by atoms with Gasteiger partial charge in [0.1, 0.15) is 11.9 Å². The second kappa shape index (κ2) is 3.89. The molecular weight excluding hydrogens is 168 g/mol. The summed E-state index contributed by atoms with van der Waals surface area (Å²) in [6, 6.07) is 3.02. The summed E-state index contributed by atoms with van der Waals surface area (Å²) in [5.41, 5.74) is 1.05. The molecule has 0 fully saturated rings. The molecule has 0 aromatic carbocycles. The van der Waals surface area contributed by atoms with E-state index in [2.05, 4.69) is 10.3 Å². The molecule has 0 radical (unpaired) electrons. The number of aryl methyl sites for hydroxylation is 1. The van der Waals surface area contributed by atoms with Crippen LogP contribution in [0, 0.1) is 6.92 Å². The molecule has 13 heavy (non-hydrogen) atoms. The van der Waals surface area contributed by atoms with E-state index in [-0.39, 0.29) is 0 Å². The van der Waals surface area contributed by atoms with Crippen molar-refractivity contribution in [2.75, 3.05) is 5.32 Å². The molecule has 1 aromatic heterocycles. The number of aromatic nitrogens is 1. The molecule has 2 N–H and O–H groups in total. The van der Waals surface area contributed by atoms with E-state index in [9.17, 15) is 4.79 Å². The van der Waals surface area contributed by atoms with Crippen LogP contribution in [0.3, 0.4) is 0 Å². The fourth-order valence-corrected chi connectivity index (χ4v) is 0.837. The SMILES string of the molecule is Cc1ccc(N[C@@H](C)C(=O)O)nc1. The zero-order chi connectivity index (χ0) is 9.84. The molecule has 0 aliphatic carbocycles. The number of anilines is 1. The first kappa shape index (κ1) is 9.51. The van der Waals surface area contributed by atoms with Gasteiger partial charge in [0.05, 0.1) is 0 Å². The molecular formula is C9H12N2O2. The van der Waals surface area contributed by atoms with Gasteiger partial charge in [-0.2, -0.15) is 0 Å². The number of pyridine rings is 1. The fourth-order valence-electron chi connectivity index (χ4n) is 0.837. The van der Waals surface area contributed by atoms with Gasteiger partial charge in [0.2, 0.25) is 0 Å². The topological polar surface area (TPSA) is 62.2 Å². The number of carboxylic acid groups (broad SMARTS) is 1. The van der Waals surface area contributed by atoms with Crippen molar-refractivity contribution in [3.05, 3.63) is 23.9 Å².